The van der Waals surface area contributed by atoms with E-state index in [0.717, 1.165) is 18.4 Å². The number of sulfonamides is 1. The Morgan fingerprint density at radius 3 is 2.50 bits per heavy atom. The number of methoxy groups -OCH3 is 1. The minimum Gasteiger partial charge on any atom is -0.495 e. The van der Waals surface area contributed by atoms with Crippen LogP contribution in [0.25, 0.3) is 0 Å². The zero-order chi connectivity index (χ0) is 23.7. The molecule has 0 aliphatic carbocycles. The third-order valence-electron chi connectivity index (χ3n) is 5.05. The van der Waals surface area contributed by atoms with E-state index in [1.165, 1.54) is 31.4 Å². The van der Waals surface area contributed by atoms with Crippen LogP contribution in [0.2, 0.25) is 0 Å². The maximum Gasteiger partial charge on any atom is 0.335 e. The van der Waals surface area contributed by atoms with Crippen LogP contribution in [0.4, 0.5) is 15.8 Å². The fourth-order valence-corrected chi connectivity index (χ4v) is 5.38. The number of carbonyl (C=O) groups is 1. The van der Waals surface area contributed by atoms with Crippen molar-refractivity contribution in [3.8, 4) is 5.75 Å². The molecule has 0 unspecified atom stereocenters. The number of aromatic carboxylic acids is 1. The van der Waals surface area contributed by atoms with E-state index in [2.05, 4.69) is 4.72 Å². The summed E-state index contributed by atoms with van der Waals surface area (Å²) < 4.78 is 71.9. The van der Waals surface area contributed by atoms with Gasteiger partial charge in [-0.25, -0.2) is 26.0 Å². The molecule has 1 fully saturated rings. The van der Waals surface area contributed by atoms with Gasteiger partial charge in [-0.1, -0.05) is 0 Å². The maximum absolute atomic E-state index is 14.0. The number of ether oxygens (including phenoxy) is 1. The van der Waals surface area contributed by atoms with Crippen molar-refractivity contribution >= 4 is 37.2 Å². The lowest BCUT2D eigenvalue weighted by Crippen LogP contribution is -2.37. The van der Waals surface area contributed by atoms with Crippen molar-refractivity contribution in [3.63, 3.8) is 0 Å². The summed E-state index contributed by atoms with van der Waals surface area (Å²) in [7, 11) is -6.83. The van der Waals surface area contributed by atoms with E-state index < -0.39 is 36.9 Å². The summed E-state index contributed by atoms with van der Waals surface area (Å²) in [6.45, 7) is 0.496. The second kappa shape index (κ2) is 8.94. The monoisotopic (exact) mass is 486 g/mol. The Labute approximate surface area is 185 Å². The van der Waals surface area contributed by atoms with Crippen LogP contribution in [0.3, 0.4) is 0 Å². The molecule has 1 atom stereocenters. The molecule has 0 spiro atoms. The minimum atomic E-state index is -4.40. The Bertz CT molecular complexity index is 1250. The number of carboxylic acids is 1. The van der Waals surface area contributed by atoms with Gasteiger partial charge >= 0.3 is 5.97 Å². The molecule has 3 rings (SSSR count). The van der Waals surface area contributed by atoms with Gasteiger partial charge in [-0.15, -0.1) is 0 Å². The van der Waals surface area contributed by atoms with Crippen LogP contribution in [0.15, 0.2) is 46.2 Å². The van der Waals surface area contributed by atoms with Crippen molar-refractivity contribution in [2.24, 2.45) is 0 Å². The van der Waals surface area contributed by atoms with Crippen LogP contribution in [0, 0.1) is 0 Å². The van der Waals surface area contributed by atoms with Crippen molar-refractivity contribution in [1.82, 2.24) is 0 Å². The highest BCUT2D eigenvalue weighted by atomic mass is 32.2. The molecule has 2 aromatic carbocycles. The molecule has 2 N–H and O–H groups in total. The highest BCUT2D eigenvalue weighted by Crippen LogP contribution is 2.35. The lowest BCUT2D eigenvalue weighted by atomic mass is 10.1. The molecule has 1 aliphatic heterocycles. The fourth-order valence-electron chi connectivity index (χ4n) is 3.47. The number of nitrogens with zero attached hydrogens (tertiary/aromatic N) is 1. The van der Waals surface area contributed by atoms with Crippen molar-refractivity contribution < 1.29 is 35.9 Å². The van der Waals surface area contributed by atoms with Gasteiger partial charge in [-0.3, -0.25) is 4.72 Å². The standard InChI is InChI=1S/C20H23FN2O7S2/c1-30-18-8-5-13(20(24)25)10-19(18)32(28,29)22-16-11-15(31(2,26)27)6-7-17(16)23-9-3-4-14(21)12-23/h5-8,10-11,14,22H,3-4,9,12H2,1-2H3,(H,24,25)/t14-/m1/s1. The number of anilines is 2. The molecular weight excluding hydrogens is 463 g/mol. The third kappa shape index (κ3) is 5.13. The van der Waals surface area contributed by atoms with E-state index in [-0.39, 0.29) is 28.4 Å². The molecular formula is C20H23FN2O7S2. The smallest absolute Gasteiger partial charge is 0.335 e. The number of carboxylic acid groups (broad SMARTS) is 1. The van der Waals surface area contributed by atoms with Gasteiger partial charge in [0.2, 0.25) is 0 Å². The summed E-state index contributed by atoms with van der Waals surface area (Å²) in [5, 5.41) is 9.23. The lowest BCUT2D eigenvalue weighted by Gasteiger charge is -2.32. The van der Waals surface area contributed by atoms with Crippen LogP contribution < -0.4 is 14.4 Å². The first kappa shape index (κ1) is 23.8. The van der Waals surface area contributed by atoms with Gasteiger partial charge in [0, 0.05) is 19.3 Å². The van der Waals surface area contributed by atoms with Gasteiger partial charge in [0.05, 0.1) is 28.9 Å². The first-order chi connectivity index (χ1) is 14.9. The van der Waals surface area contributed by atoms with Crippen LogP contribution in [0.1, 0.15) is 23.2 Å². The molecule has 174 valence electrons. The zero-order valence-corrected chi connectivity index (χ0v) is 19.0. The molecule has 1 saturated heterocycles. The fraction of sp³-hybridized carbons (Fsp3) is 0.350. The Morgan fingerprint density at radius 2 is 1.91 bits per heavy atom. The first-order valence-electron chi connectivity index (χ1n) is 9.59. The number of halogens is 1. The molecule has 12 heteroatoms. The number of piperidine rings is 1. The van der Waals surface area contributed by atoms with E-state index in [9.17, 15) is 31.1 Å². The van der Waals surface area contributed by atoms with Crippen LogP contribution in [0.5, 0.6) is 5.75 Å². The van der Waals surface area contributed by atoms with Crippen molar-refractivity contribution in [2.45, 2.75) is 28.8 Å². The summed E-state index contributed by atoms with van der Waals surface area (Å²) in [5.41, 5.74) is -0.0194. The zero-order valence-electron chi connectivity index (χ0n) is 17.4. The van der Waals surface area contributed by atoms with Gasteiger partial charge in [0.15, 0.2) is 9.84 Å². The van der Waals surface area contributed by atoms with E-state index in [1.54, 1.807) is 4.90 Å². The predicted molar refractivity (Wildman–Crippen MR) is 117 cm³/mol. The predicted octanol–water partition coefficient (Wildman–Crippen LogP) is 2.54. The van der Waals surface area contributed by atoms with E-state index in [0.29, 0.717) is 25.1 Å². The third-order valence-corrected chi connectivity index (χ3v) is 7.54. The summed E-state index contributed by atoms with van der Waals surface area (Å²) in [6.07, 6.45) is 0.821. The average Bonchev–Trinajstić information content (AvgIpc) is 2.72. The van der Waals surface area contributed by atoms with Gasteiger partial charge in [-0.05, 0) is 49.2 Å². The van der Waals surface area contributed by atoms with Gasteiger partial charge in [0.25, 0.3) is 10.0 Å². The van der Waals surface area contributed by atoms with Gasteiger partial charge < -0.3 is 14.7 Å². The second-order valence-corrected chi connectivity index (χ2v) is 11.1. The van der Waals surface area contributed by atoms with Crippen molar-refractivity contribution in [3.05, 3.63) is 42.0 Å². The van der Waals surface area contributed by atoms with E-state index >= 15 is 0 Å². The summed E-state index contributed by atoms with van der Waals surface area (Å²) in [4.78, 5) is 12.4. The quantitative estimate of drug-likeness (QED) is 0.611. The number of alkyl halides is 1. The topological polar surface area (TPSA) is 130 Å². The second-order valence-electron chi connectivity index (χ2n) is 7.41. The lowest BCUT2D eigenvalue weighted by molar-refractivity contribution is 0.0696. The molecule has 0 amide bonds. The molecule has 0 saturated carbocycles. The molecule has 9 nitrogen and oxygen atoms in total. The van der Waals surface area contributed by atoms with Crippen LogP contribution >= 0.6 is 0 Å². The minimum absolute atomic E-state index is 0.0325. The van der Waals surface area contributed by atoms with E-state index in [4.69, 9.17) is 4.74 Å². The average molecular weight is 487 g/mol. The van der Waals surface area contributed by atoms with Crippen LogP contribution in [-0.2, 0) is 19.9 Å². The first-order valence-corrected chi connectivity index (χ1v) is 13.0. The summed E-state index contributed by atoms with van der Waals surface area (Å²) in [6, 6.07) is 7.28. The SMILES string of the molecule is COc1ccc(C(=O)O)cc1S(=O)(=O)Nc1cc(S(C)(=O)=O)ccc1N1CCC[C@@H](F)C1. The number of nitrogens with one attached hydrogen (secondary N) is 1. The molecule has 1 aliphatic rings. The van der Waals surface area contributed by atoms with Crippen molar-refractivity contribution in [1.29, 1.82) is 0 Å². The van der Waals surface area contributed by atoms with Gasteiger partial charge in [-0.2, -0.15) is 0 Å². The molecule has 0 bridgehead atoms. The largest absolute Gasteiger partial charge is 0.495 e. The molecule has 1 heterocycles. The van der Waals surface area contributed by atoms with Crippen LogP contribution in [-0.4, -0.2) is 60.5 Å². The number of hydrogen-bond acceptors (Lipinski definition) is 7. The summed E-state index contributed by atoms with van der Waals surface area (Å²) in [5.74, 6) is -1.42. The number of sulfone groups is 1. The summed E-state index contributed by atoms with van der Waals surface area (Å²) >= 11 is 0. The van der Waals surface area contributed by atoms with Gasteiger partial charge in [0.1, 0.15) is 16.8 Å². The highest BCUT2D eigenvalue weighted by Gasteiger charge is 2.27. The Hall–Kier alpha value is -2.86. The number of benzene rings is 2. The number of rotatable bonds is 7. The molecule has 0 aromatic heterocycles. The highest BCUT2D eigenvalue weighted by molar-refractivity contribution is 7.93. The Balaban J connectivity index is 2.12. The number of hydrogen-bond donors (Lipinski definition) is 2. The van der Waals surface area contributed by atoms with E-state index in [1.807, 2.05) is 0 Å². The molecule has 32 heavy (non-hydrogen) atoms. The maximum atomic E-state index is 14.0. The normalized spacial score (nSPS) is 17.1. The Kier molecular flexibility index (Phi) is 6.65. The molecule has 0 radical (unpaired) electrons. The van der Waals surface area contributed by atoms with Crippen molar-refractivity contribution in [2.75, 3.05) is 36.1 Å². The Morgan fingerprint density at radius 1 is 1.19 bits per heavy atom. The molecule has 2 aromatic rings.